The van der Waals surface area contributed by atoms with E-state index in [0.29, 0.717) is 28.1 Å². The first-order valence-electron chi connectivity index (χ1n) is 5.87. The van der Waals surface area contributed by atoms with Crippen molar-refractivity contribution in [1.29, 1.82) is 0 Å². The molecule has 0 amide bonds. The van der Waals surface area contributed by atoms with Gasteiger partial charge in [0.1, 0.15) is 5.54 Å². The molecule has 5 heteroatoms. The second-order valence-corrected chi connectivity index (χ2v) is 5.70. The molecule has 1 saturated carbocycles. The number of halogens is 2. The normalized spacial score (nSPS) is 18.4. The molecule has 18 heavy (non-hydrogen) atoms. The molecule has 0 spiro atoms. The molecule has 2 N–H and O–H groups in total. The zero-order valence-corrected chi connectivity index (χ0v) is 11.6. The standard InChI is InChI=1S/C13H15Cl2NO2/c1-13(12(17)18,16-7-8-2-3-8)9-4-5-10(14)11(15)6-9/h4-6,8,16H,2-3,7H2,1H3,(H,17,18). The lowest BCUT2D eigenvalue weighted by molar-refractivity contribution is -0.144. The molecule has 1 atom stereocenters. The Morgan fingerprint density at radius 3 is 2.61 bits per heavy atom. The maximum atomic E-state index is 11.5. The molecule has 1 unspecified atom stereocenters. The van der Waals surface area contributed by atoms with Crippen molar-refractivity contribution in [3.63, 3.8) is 0 Å². The van der Waals surface area contributed by atoms with Crippen molar-refractivity contribution < 1.29 is 9.90 Å². The second kappa shape index (κ2) is 5.08. The summed E-state index contributed by atoms with van der Waals surface area (Å²) in [4.78, 5) is 11.5. The summed E-state index contributed by atoms with van der Waals surface area (Å²) in [6.45, 7) is 2.36. The quantitative estimate of drug-likeness (QED) is 0.874. The Hall–Kier alpha value is -0.770. The van der Waals surface area contributed by atoms with E-state index < -0.39 is 11.5 Å². The molecule has 0 heterocycles. The molecular weight excluding hydrogens is 273 g/mol. The van der Waals surface area contributed by atoms with Crippen LogP contribution >= 0.6 is 23.2 Å². The minimum absolute atomic E-state index is 0.370. The van der Waals surface area contributed by atoms with E-state index in [9.17, 15) is 9.90 Å². The predicted octanol–water partition coefficient (Wildman–Crippen LogP) is 3.29. The maximum absolute atomic E-state index is 11.5. The van der Waals surface area contributed by atoms with Crippen LogP contribution in [0.15, 0.2) is 18.2 Å². The summed E-state index contributed by atoms with van der Waals surface area (Å²) in [5.74, 6) is -0.312. The smallest absolute Gasteiger partial charge is 0.328 e. The average molecular weight is 288 g/mol. The summed E-state index contributed by atoms with van der Waals surface area (Å²) >= 11 is 11.8. The molecule has 98 valence electrons. The fourth-order valence-corrected chi connectivity index (χ4v) is 2.08. The average Bonchev–Trinajstić information content (AvgIpc) is 3.13. The lowest BCUT2D eigenvalue weighted by Crippen LogP contribution is -2.47. The molecule has 1 aliphatic carbocycles. The van der Waals surface area contributed by atoms with E-state index in [-0.39, 0.29) is 0 Å². The maximum Gasteiger partial charge on any atom is 0.328 e. The Morgan fingerprint density at radius 2 is 2.11 bits per heavy atom. The molecule has 3 nitrogen and oxygen atoms in total. The number of carboxylic acids is 1. The Bertz CT molecular complexity index is 474. The first-order chi connectivity index (χ1) is 8.43. The van der Waals surface area contributed by atoms with Crippen molar-refractivity contribution in [2.75, 3.05) is 6.54 Å². The molecule has 0 bridgehead atoms. The Kier molecular flexibility index (Phi) is 3.85. The Balaban J connectivity index is 2.26. The van der Waals surface area contributed by atoms with E-state index in [1.54, 1.807) is 25.1 Å². The van der Waals surface area contributed by atoms with Crippen LogP contribution in [0.25, 0.3) is 0 Å². The van der Waals surface area contributed by atoms with Gasteiger partial charge in [-0.3, -0.25) is 5.32 Å². The van der Waals surface area contributed by atoms with Gasteiger partial charge in [0.2, 0.25) is 0 Å². The van der Waals surface area contributed by atoms with Crippen LogP contribution in [0.1, 0.15) is 25.3 Å². The first-order valence-corrected chi connectivity index (χ1v) is 6.63. The van der Waals surface area contributed by atoms with Crippen molar-refractivity contribution in [3.05, 3.63) is 33.8 Å². The number of aliphatic carboxylic acids is 1. The summed E-state index contributed by atoms with van der Waals surface area (Å²) in [6, 6.07) is 4.93. The number of hydrogen-bond acceptors (Lipinski definition) is 2. The Labute approximate surface area is 116 Å². The summed E-state index contributed by atoms with van der Waals surface area (Å²) in [5.41, 5.74) is -0.512. The van der Waals surface area contributed by atoms with E-state index in [4.69, 9.17) is 23.2 Å². The van der Waals surface area contributed by atoms with Crippen LogP contribution in [-0.4, -0.2) is 17.6 Å². The van der Waals surface area contributed by atoms with Gasteiger partial charge in [-0.1, -0.05) is 29.3 Å². The number of carboxylic acid groups (broad SMARTS) is 1. The number of hydrogen-bond donors (Lipinski definition) is 2. The third-order valence-electron chi connectivity index (χ3n) is 3.37. The van der Waals surface area contributed by atoms with Gasteiger partial charge in [0.15, 0.2) is 0 Å². The van der Waals surface area contributed by atoms with Gasteiger partial charge in [-0.25, -0.2) is 4.79 Å². The van der Waals surface area contributed by atoms with Crippen molar-refractivity contribution in [1.82, 2.24) is 5.32 Å². The third-order valence-corrected chi connectivity index (χ3v) is 4.10. The van der Waals surface area contributed by atoms with Crippen LogP contribution in [0, 0.1) is 5.92 Å². The van der Waals surface area contributed by atoms with Crippen LogP contribution in [0.4, 0.5) is 0 Å². The van der Waals surface area contributed by atoms with Crippen LogP contribution < -0.4 is 5.32 Å². The Morgan fingerprint density at radius 1 is 1.44 bits per heavy atom. The van der Waals surface area contributed by atoms with Crippen molar-refractivity contribution in [2.45, 2.75) is 25.3 Å². The molecule has 1 fully saturated rings. The van der Waals surface area contributed by atoms with Crippen LogP contribution in [0.5, 0.6) is 0 Å². The molecule has 1 aliphatic rings. The van der Waals surface area contributed by atoms with Crippen molar-refractivity contribution >= 4 is 29.2 Å². The molecule has 0 aliphatic heterocycles. The fraction of sp³-hybridized carbons (Fsp3) is 0.462. The monoisotopic (exact) mass is 287 g/mol. The number of carbonyl (C=O) groups is 1. The van der Waals surface area contributed by atoms with Crippen molar-refractivity contribution in [2.24, 2.45) is 5.92 Å². The van der Waals surface area contributed by atoms with Gasteiger partial charge >= 0.3 is 5.97 Å². The predicted molar refractivity (Wildman–Crippen MR) is 72.2 cm³/mol. The highest BCUT2D eigenvalue weighted by Gasteiger charge is 2.36. The minimum Gasteiger partial charge on any atom is -0.480 e. The molecular formula is C13H15Cl2NO2. The zero-order valence-electron chi connectivity index (χ0n) is 10.0. The van der Waals surface area contributed by atoms with Gasteiger partial charge in [-0.15, -0.1) is 0 Å². The van der Waals surface area contributed by atoms with Crippen LogP contribution in [0.3, 0.4) is 0 Å². The lowest BCUT2D eigenvalue weighted by Gasteiger charge is -2.27. The SMILES string of the molecule is CC(NCC1CC1)(C(=O)O)c1ccc(Cl)c(Cl)c1. The molecule has 2 rings (SSSR count). The molecule has 0 radical (unpaired) electrons. The van der Waals surface area contributed by atoms with Gasteiger partial charge in [0.25, 0.3) is 0 Å². The first kappa shape index (κ1) is 13.7. The third kappa shape index (κ3) is 2.79. The highest BCUT2D eigenvalue weighted by molar-refractivity contribution is 6.42. The lowest BCUT2D eigenvalue weighted by atomic mass is 9.92. The minimum atomic E-state index is -1.13. The molecule has 1 aromatic carbocycles. The van der Waals surface area contributed by atoms with E-state index >= 15 is 0 Å². The second-order valence-electron chi connectivity index (χ2n) is 4.88. The largest absolute Gasteiger partial charge is 0.480 e. The van der Waals surface area contributed by atoms with Gasteiger partial charge < -0.3 is 5.11 Å². The zero-order chi connectivity index (χ0) is 13.3. The number of rotatable bonds is 5. The summed E-state index contributed by atoms with van der Waals surface area (Å²) < 4.78 is 0. The summed E-state index contributed by atoms with van der Waals surface area (Å²) in [7, 11) is 0. The molecule has 0 aromatic heterocycles. The van der Waals surface area contributed by atoms with E-state index in [1.165, 1.54) is 12.8 Å². The van der Waals surface area contributed by atoms with E-state index in [2.05, 4.69) is 5.32 Å². The summed E-state index contributed by atoms with van der Waals surface area (Å²) in [6.07, 6.45) is 2.34. The van der Waals surface area contributed by atoms with Gasteiger partial charge in [-0.2, -0.15) is 0 Å². The fourth-order valence-electron chi connectivity index (χ4n) is 1.78. The van der Waals surface area contributed by atoms with E-state index in [0.717, 1.165) is 0 Å². The highest BCUT2D eigenvalue weighted by atomic mass is 35.5. The van der Waals surface area contributed by atoms with Gasteiger partial charge in [0.05, 0.1) is 10.0 Å². The topological polar surface area (TPSA) is 49.3 Å². The van der Waals surface area contributed by atoms with Gasteiger partial charge in [0, 0.05) is 0 Å². The molecule has 0 saturated heterocycles. The van der Waals surface area contributed by atoms with Crippen LogP contribution in [-0.2, 0) is 10.3 Å². The highest BCUT2D eigenvalue weighted by Crippen LogP contribution is 2.32. The molecule has 1 aromatic rings. The van der Waals surface area contributed by atoms with E-state index in [1.807, 2.05) is 0 Å². The number of benzene rings is 1. The van der Waals surface area contributed by atoms with Crippen LogP contribution in [0.2, 0.25) is 10.0 Å². The van der Waals surface area contributed by atoms with Crippen molar-refractivity contribution in [3.8, 4) is 0 Å². The van der Waals surface area contributed by atoms with Gasteiger partial charge in [-0.05, 0) is 49.9 Å². The number of nitrogens with one attached hydrogen (secondary N) is 1. The summed E-state index contributed by atoms with van der Waals surface area (Å²) in [5, 5.41) is 13.4.